The van der Waals surface area contributed by atoms with Gasteiger partial charge in [-0.25, -0.2) is 0 Å². The van der Waals surface area contributed by atoms with Crippen LogP contribution >= 0.6 is 0 Å². The number of aliphatic carboxylic acids is 1. The molecular weight excluding hydrogens is 258 g/mol. The lowest BCUT2D eigenvalue weighted by atomic mass is 10.0. The lowest BCUT2D eigenvalue weighted by Gasteiger charge is -2.31. The van der Waals surface area contributed by atoms with E-state index in [-0.39, 0.29) is 5.78 Å². The summed E-state index contributed by atoms with van der Waals surface area (Å²) >= 11 is 0. The molecule has 0 spiro atoms. The number of piperidine rings is 1. The molecule has 0 aromatic heterocycles. The number of carbonyl (C=O) groups is 2. The molecule has 0 aliphatic carbocycles. The third-order valence-corrected chi connectivity index (χ3v) is 3.46. The lowest BCUT2D eigenvalue weighted by Crippen LogP contribution is -2.40. The molecule has 2 rings (SSSR count). The van der Waals surface area contributed by atoms with E-state index in [9.17, 15) is 14.7 Å². The maximum absolute atomic E-state index is 11.5. The summed E-state index contributed by atoms with van der Waals surface area (Å²) in [6.45, 7) is 3.49. The van der Waals surface area contributed by atoms with Gasteiger partial charge in [0.1, 0.15) is 17.6 Å². The summed E-state index contributed by atoms with van der Waals surface area (Å²) < 4.78 is 5.35. The minimum atomic E-state index is -0.886. The zero-order valence-corrected chi connectivity index (χ0v) is 11.5. The van der Waals surface area contributed by atoms with Crippen LogP contribution in [0.1, 0.15) is 31.4 Å². The minimum Gasteiger partial charge on any atom is -0.494 e. The van der Waals surface area contributed by atoms with Crippen molar-refractivity contribution < 1.29 is 19.4 Å². The van der Waals surface area contributed by atoms with Gasteiger partial charge in [-0.2, -0.15) is 0 Å². The smallest absolute Gasteiger partial charge is 0.325 e. The quantitative estimate of drug-likeness (QED) is 0.890. The number of carbonyl (C=O) groups excluding carboxylic acids is 1. The molecule has 1 aliphatic rings. The van der Waals surface area contributed by atoms with Gasteiger partial charge in [0.25, 0.3) is 0 Å². The molecule has 1 saturated heterocycles. The minimum absolute atomic E-state index is 0.206. The fourth-order valence-corrected chi connectivity index (χ4v) is 2.45. The van der Waals surface area contributed by atoms with Gasteiger partial charge in [-0.15, -0.1) is 0 Å². The van der Waals surface area contributed by atoms with Gasteiger partial charge in [-0.05, 0) is 24.6 Å². The maximum Gasteiger partial charge on any atom is 0.325 e. The topological polar surface area (TPSA) is 66.8 Å². The Balaban J connectivity index is 2.15. The average molecular weight is 277 g/mol. The van der Waals surface area contributed by atoms with Crippen molar-refractivity contribution in [1.82, 2.24) is 4.90 Å². The standard InChI is InChI=1S/C15H19NO4/c1-2-20-13-5-3-11(4-6-13)14(15(18)19)16-9-7-12(17)8-10-16/h3-6,14H,2,7-10H2,1H3,(H,18,19). The molecule has 0 radical (unpaired) electrons. The van der Waals surface area contributed by atoms with Crippen molar-refractivity contribution in [2.75, 3.05) is 19.7 Å². The largest absolute Gasteiger partial charge is 0.494 e. The molecule has 108 valence electrons. The molecule has 1 N–H and O–H groups in total. The van der Waals surface area contributed by atoms with Crippen LogP contribution in [-0.4, -0.2) is 41.5 Å². The van der Waals surface area contributed by atoms with Crippen LogP contribution in [0, 0.1) is 0 Å². The predicted molar refractivity (Wildman–Crippen MR) is 73.8 cm³/mol. The van der Waals surface area contributed by atoms with Gasteiger partial charge in [-0.3, -0.25) is 14.5 Å². The van der Waals surface area contributed by atoms with Crippen molar-refractivity contribution in [3.63, 3.8) is 0 Å². The lowest BCUT2D eigenvalue weighted by molar-refractivity contribution is -0.145. The molecule has 5 heteroatoms. The van der Waals surface area contributed by atoms with Crippen molar-refractivity contribution in [1.29, 1.82) is 0 Å². The Morgan fingerprint density at radius 3 is 2.40 bits per heavy atom. The number of ether oxygens (including phenoxy) is 1. The van der Waals surface area contributed by atoms with Gasteiger partial charge in [0.05, 0.1) is 6.61 Å². The van der Waals surface area contributed by atoms with Crippen LogP contribution in [0.5, 0.6) is 5.75 Å². The second-order valence-corrected chi connectivity index (χ2v) is 4.82. The number of ketones is 1. The van der Waals surface area contributed by atoms with Crippen LogP contribution in [0.25, 0.3) is 0 Å². The van der Waals surface area contributed by atoms with Gasteiger partial charge in [0, 0.05) is 25.9 Å². The number of carboxylic acid groups (broad SMARTS) is 1. The van der Waals surface area contributed by atoms with E-state index in [1.807, 2.05) is 11.8 Å². The highest BCUT2D eigenvalue weighted by Crippen LogP contribution is 2.25. The third kappa shape index (κ3) is 3.36. The summed E-state index contributed by atoms with van der Waals surface area (Å²) in [6.07, 6.45) is 0.863. The Bertz CT molecular complexity index is 473. The molecule has 0 bridgehead atoms. The van der Waals surface area contributed by atoms with E-state index < -0.39 is 12.0 Å². The molecule has 5 nitrogen and oxygen atoms in total. The first-order chi connectivity index (χ1) is 9.61. The number of hydrogen-bond acceptors (Lipinski definition) is 4. The Labute approximate surface area is 118 Å². The number of nitrogens with zero attached hydrogens (tertiary/aromatic N) is 1. The van der Waals surface area contributed by atoms with E-state index in [1.165, 1.54) is 0 Å². The van der Waals surface area contributed by atoms with Crippen molar-refractivity contribution in [2.45, 2.75) is 25.8 Å². The highest BCUT2D eigenvalue weighted by Gasteiger charge is 2.30. The highest BCUT2D eigenvalue weighted by atomic mass is 16.5. The Hall–Kier alpha value is -1.88. The highest BCUT2D eigenvalue weighted by molar-refractivity contribution is 5.80. The van der Waals surface area contributed by atoms with Crippen LogP contribution in [0.4, 0.5) is 0 Å². The van der Waals surface area contributed by atoms with E-state index in [0.717, 1.165) is 11.3 Å². The number of benzene rings is 1. The third-order valence-electron chi connectivity index (χ3n) is 3.46. The van der Waals surface area contributed by atoms with Crippen molar-refractivity contribution in [3.05, 3.63) is 29.8 Å². The second kappa shape index (κ2) is 6.52. The van der Waals surface area contributed by atoms with Gasteiger partial charge >= 0.3 is 5.97 Å². The first-order valence-corrected chi connectivity index (χ1v) is 6.83. The molecule has 1 fully saturated rings. The summed E-state index contributed by atoms with van der Waals surface area (Å²) in [4.78, 5) is 24.6. The monoisotopic (exact) mass is 277 g/mol. The summed E-state index contributed by atoms with van der Waals surface area (Å²) in [5.41, 5.74) is 0.718. The summed E-state index contributed by atoms with van der Waals surface area (Å²) in [6, 6.07) is 6.42. The van der Waals surface area contributed by atoms with Crippen LogP contribution in [0.15, 0.2) is 24.3 Å². The van der Waals surface area contributed by atoms with Gasteiger partial charge in [0.2, 0.25) is 0 Å². The van der Waals surface area contributed by atoms with Crippen LogP contribution in [0.2, 0.25) is 0 Å². The fraction of sp³-hybridized carbons (Fsp3) is 0.467. The van der Waals surface area contributed by atoms with Crippen LogP contribution < -0.4 is 4.74 Å². The SMILES string of the molecule is CCOc1ccc(C(C(=O)O)N2CCC(=O)CC2)cc1. The average Bonchev–Trinajstić information content (AvgIpc) is 2.43. The zero-order valence-electron chi connectivity index (χ0n) is 11.5. The Kier molecular flexibility index (Phi) is 4.74. The molecule has 1 aromatic carbocycles. The summed E-state index contributed by atoms with van der Waals surface area (Å²) in [5, 5.41) is 9.46. The van der Waals surface area contributed by atoms with Crippen LogP contribution in [-0.2, 0) is 9.59 Å². The molecule has 1 aromatic rings. The van der Waals surface area contributed by atoms with Crippen molar-refractivity contribution >= 4 is 11.8 Å². The molecule has 0 saturated carbocycles. The molecular formula is C15H19NO4. The number of likely N-dealkylation sites (tertiary alicyclic amines) is 1. The molecule has 1 atom stereocenters. The van der Waals surface area contributed by atoms with Gasteiger partial charge in [-0.1, -0.05) is 12.1 Å². The van der Waals surface area contributed by atoms with Crippen molar-refractivity contribution in [2.24, 2.45) is 0 Å². The number of Topliss-reactive ketones (excluding diaryl/α,β-unsaturated/α-hetero) is 1. The van der Waals surface area contributed by atoms with E-state index in [0.29, 0.717) is 32.5 Å². The molecule has 0 amide bonds. The van der Waals surface area contributed by atoms with E-state index in [2.05, 4.69) is 0 Å². The first-order valence-electron chi connectivity index (χ1n) is 6.83. The van der Waals surface area contributed by atoms with Gasteiger partial charge < -0.3 is 9.84 Å². The van der Waals surface area contributed by atoms with E-state index in [4.69, 9.17) is 4.74 Å². The van der Waals surface area contributed by atoms with E-state index in [1.54, 1.807) is 24.3 Å². The predicted octanol–water partition coefficient (Wildman–Crippen LogP) is 1.88. The maximum atomic E-state index is 11.5. The number of rotatable bonds is 5. The zero-order chi connectivity index (χ0) is 14.5. The Morgan fingerprint density at radius 2 is 1.90 bits per heavy atom. The second-order valence-electron chi connectivity index (χ2n) is 4.82. The molecule has 1 aliphatic heterocycles. The van der Waals surface area contributed by atoms with Crippen molar-refractivity contribution in [3.8, 4) is 5.75 Å². The van der Waals surface area contributed by atoms with Gasteiger partial charge in [0.15, 0.2) is 0 Å². The Morgan fingerprint density at radius 1 is 1.30 bits per heavy atom. The number of hydrogen-bond donors (Lipinski definition) is 1. The molecule has 1 unspecified atom stereocenters. The normalized spacial score (nSPS) is 17.8. The summed E-state index contributed by atoms with van der Waals surface area (Å²) in [5.74, 6) is 0.0507. The molecule has 1 heterocycles. The fourth-order valence-electron chi connectivity index (χ4n) is 2.45. The number of carboxylic acids is 1. The molecule has 20 heavy (non-hydrogen) atoms. The summed E-state index contributed by atoms with van der Waals surface area (Å²) in [7, 11) is 0. The van der Waals surface area contributed by atoms with Crippen LogP contribution in [0.3, 0.4) is 0 Å². The first kappa shape index (κ1) is 14.5. The van der Waals surface area contributed by atoms with E-state index >= 15 is 0 Å².